The number of hydrogen-bond donors (Lipinski definition) is 0. The SMILES string of the molecule is CCC[Si](C)(C)C.C[Si](C)(C)C1CCCC1.[CH-]=O.[CH-]=O.[CH3-].[CH3-].[Mo+4]. The van der Waals surface area contributed by atoms with Crippen LogP contribution in [0.15, 0.2) is 0 Å². The van der Waals surface area contributed by atoms with E-state index < -0.39 is 16.1 Å². The van der Waals surface area contributed by atoms with Gasteiger partial charge < -0.3 is 24.4 Å². The van der Waals surface area contributed by atoms with Crippen LogP contribution in [0.1, 0.15) is 39.0 Å². The Morgan fingerprint density at radius 2 is 1.13 bits per heavy atom. The summed E-state index contributed by atoms with van der Waals surface area (Å²) in [5.41, 5.74) is 1.15. The van der Waals surface area contributed by atoms with E-state index in [1.807, 2.05) is 0 Å². The van der Waals surface area contributed by atoms with Crippen molar-refractivity contribution >= 4 is 29.7 Å². The molecule has 0 heterocycles. The van der Waals surface area contributed by atoms with Crippen LogP contribution in [0.2, 0.25) is 50.9 Å². The summed E-state index contributed by atoms with van der Waals surface area (Å²) in [5.74, 6) is 0. The summed E-state index contributed by atoms with van der Waals surface area (Å²) in [5, 5.41) is 0. The van der Waals surface area contributed by atoms with Gasteiger partial charge in [-0.25, -0.2) is 0 Å². The van der Waals surface area contributed by atoms with E-state index in [9.17, 15) is 0 Å². The molecule has 0 amide bonds. The molecule has 2 nitrogen and oxygen atoms in total. The maximum absolute atomic E-state index is 7.75. The van der Waals surface area contributed by atoms with Gasteiger partial charge in [0.2, 0.25) is 0 Å². The van der Waals surface area contributed by atoms with Crippen molar-refractivity contribution in [1.29, 1.82) is 0 Å². The third-order valence-corrected chi connectivity index (χ3v) is 8.61. The molecule has 1 aliphatic rings. The molecular formula is C18H42MoO2Si2. The molecule has 5 heteroatoms. The Hall–Kier alpha value is 0.462. The van der Waals surface area contributed by atoms with E-state index in [0.29, 0.717) is 0 Å². The Balaban J connectivity index is -0.0000000473. The van der Waals surface area contributed by atoms with Crippen LogP contribution < -0.4 is 0 Å². The number of hydrogen-bond acceptors (Lipinski definition) is 2. The van der Waals surface area contributed by atoms with Crippen molar-refractivity contribution in [2.24, 2.45) is 0 Å². The minimum atomic E-state index is -0.724. The molecule has 0 N–H and O–H groups in total. The molecule has 0 atom stereocenters. The molecule has 0 aromatic heterocycles. The minimum Gasteiger partial charge on any atom is -0.545 e. The predicted molar refractivity (Wildman–Crippen MR) is 110 cm³/mol. The molecule has 1 aliphatic carbocycles. The van der Waals surface area contributed by atoms with Crippen LogP contribution in [-0.2, 0) is 30.7 Å². The Morgan fingerprint density at radius 1 is 0.826 bits per heavy atom. The minimum absolute atomic E-state index is 0. The van der Waals surface area contributed by atoms with Crippen LogP contribution in [-0.4, -0.2) is 29.7 Å². The summed E-state index contributed by atoms with van der Waals surface area (Å²) in [4.78, 5) is 15.5. The normalized spacial score (nSPS) is 13.0. The van der Waals surface area contributed by atoms with Gasteiger partial charge in [0, 0.05) is 16.1 Å². The van der Waals surface area contributed by atoms with Gasteiger partial charge in [-0.3, -0.25) is 13.6 Å². The predicted octanol–water partition coefficient (Wildman–Crippen LogP) is 6.35. The van der Waals surface area contributed by atoms with Crippen molar-refractivity contribution in [2.45, 2.75) is 89.9 Å². The van der Waals surface area contributed by atoms with E-state index in [1.165, 1.54) is 38.1 Å². The third-order valence-electron chi connectivity index (χ3n) is 3.58. The topological polar surface area (TPSA) is 34.1 Å². The van der Waals surface area contributed by atoms with Crippen molar-refractivity contribution in [3.05, 3.63) is 14.9 Å². The molecule has 0 saturated heterocycles. The average Bonchev–Trinajstić information content (AvgIpc) is 2.87. The van der Waals surface area contributed by atoms with Crippen molar-refractivity contribution in [1.82, 2.24) is 0 Å². The second kappa shape index (κ2) is 22.5. The Kier molecular flexibility index (Phi) is 37.9. The average molecular weight is 443 g/mol. The summed E-state index contributed by atoms with van der Waals surface area (Å²) < 4.78 is 0. The van der Waals surface area contributed by atoms with Gasteiger partial charge in [0.05, 0.1) is 0 Å². The fourth-order valence-electron chi connectivity index (χ4n) is 2.54. The van der Waals surface area contributed by atoms with Crippen molar-refractivity contribution < 1.29 is 30.7 Å². The molecule has 0 aromatic rings. The summed E-state index contributed by atoms with van der Waals surface area (Å²) in [6.45, 7) is 23.5. The molecule has 0 radical (unpaired) electrons. The molecule has 23 heavy (non-hydrogen) atoms. The second-order valence-corrected chi connectivity index (χ2v) is 18.8. The van der Waals surface area contributed by atoms with Crippen LogP contribution in [0.4, 0.5) is 0 Å². The first-order valence-electron chi connectivity index (χ1n) is 7.64. The number of rotatable bonds is 3. The Labute approximate surface area is 164 Å². The van der Waals surface area contributed by atoms with Crippen LogP contribution in [0.3, 0.4) is 0 Å². The summed E-state index contributed by atoms with van der Waals surface area (Å²) in [6, 6.07) is 1.48. The smallest absolute Gasteiger partial charge is 0.545 e. The van der Waals surface area contributed by atoms with E-state index >= 15 is 0 Å². The van der Waals surface area contributed by atoms with E-state index in [4.69, 9.17) is 9.59 Å². The van der Waals surface area contributed by atoms with Gasteiger partial charge in [0.25, 0.3) is 0 Å². The van der Waals surface area contributed by atoms with E-state index in [2.05, 4.69) is 59.8 Å². The van der Waals surface area contributed by atoms with Gasteiger partial charge in [0.1, 0.15) is 0 Å². The quantitative estimate of drug-likeness (QED) is 0.290. The van der Waals surface area contributed by atoms with E-state index in [-0.39, 0.29) is 35.9 Å². The largest absolute Gasteiger partial charge is 4.00 e. The zero-order chi connectivity index (χ0) is 16.8. The molecule has 1 rings (SSSR count). The molecule has 140 valence electrons. The van der Waals surface area contributed by atoms with Crippen LogP contribution in [0.25, 0.3) is 0 Å². The molecule has 0 spiro atoms. The van der Waals surface area contributed by atoms with Gasteiger partial charge in [0.15, 0.2) is 0 Å². The molecule has 0 bridgehead atoms. The maximum atomic E-state index is 7.75. The molecule has 0 aromatic carbocycles. The van der Waals surface area contributed by atoms with Gasteiger partial charge in [-0.1, -0.05) is 84.4 Å². The first-order valence-corrected chi connectivity index (χ1v) is 14.9. The molecule has 0 aliphatic heterocycles. The van der Waals surface area contributed by atoms with Crippen LogP contribution in [0.5, 0.6) is 0 Å². The maximum Gasteiger partial charge on any atom is 4.00 e. The third kappa shape index (κ3) is 30.8. The fraction of sp³-hybridized carbons (Fsp3) is 0.778. The summed E-state index contributed by atoms with van der Waals surface area (Å²) in [7, 11) is -1.38. The first kappa shape index (κ1) is 38.8. The molecule has 1 fully saturated rings. The molecule has 1 saturated carbocycles. The first-order chi connectivity index (χ1) is 9.17. The fourth-order valence-corrected chi connectivity index (χ4v) is 6.18. The van der Waals surface area contributed by atoms with Crippen LogP contribution >= 0.6 is 0 Å². The standard InChI is InChI=1S/C8H18Si.C6H16Si.2CHO.2CH3.Mo/c1-9(2,3)8-6-4-5-7-8;1-5-6-7(2,3)4;2*1-2;;;/h8H,4-7H2,1-3H3;5-6H2,1-4H3;2*1H;2*1H3;/q;;4*-1;+4. The van der Waals surface area contributed by atoms with Crippen molar-refractivity contribution in [2.75, 3.05) is 0 Å². The zero-order valence-electron chi connectivity index (χ0n) is 17.2. The van der Waals surface area contributed by atoms with Gasteiger partial charge in [-0.15, -0.1) is 0 Å². The van der Waals surface area contributed by atoms with Gasteiger partial charge >= 0.3 is 21.1 Å². The second-order valence-electron chi connectivity index (χ2n) is 7.66. The van der Waals surface area contributed by atoms with Crippen molar-refractivity contribution in [3.63, 3.8) is 0 Å². The summed E-state index contributed by atoms with van der Waals surface area (Å²) in [6.07, 6.45) is 7.46. The van der Waals surface area contributed by atoms with E-state index in [1.54, 1.807) is 0 Å². The summed E-state index contributed by atoms with van der Waals surface area (Å²) >= 11 is 0. The van der Waals surface area contributed by atoms with E-state index in [0.717, 1.165) is 5.54 Å². The Morgan fingerprint density at radius 3 is 1.22 bits per heavy atom. The molecule has 0 unspecified atom stereocenters. The monoisotopic (exact) mass is 444 g/mol. The Bertz CT molecular complexity index is 206. The molecular weight excluding hydrogens is 400 g/mol. The van der Waals surface area contributed by atoms with Gasteiger partial charge in [-0.2, -0.15) is 0 Å². The zero-order valence-corrected chi connectivity index (χ0v) is 21.2. The number of carbonyl (C=O) groups excluding carboxylic acids is 2. The van der Waals surface area contributed by atoms with Gasteiger partial charge in [-0.05, 0) is 5.54 Å². The van der Waals surface area contributed by atoms with Crippen LogP contribution in [0, 0.1) is 14.9 Å². The van der Waals surface area contributed by atoms with Crippen molar-refractivity contribution in [3.8, 4) is 0 Å².